The van der Waals surface area contributed by atoms with E-state index in [0.29, 0.717) is 41.3 Å². The molecule has 0 atom stereocenters. The summed E-state index contributed by atoms with van der Waals surface area (Å²) in [5.41, 5.74) is 4.20. The summed E-state index contributed by atoms with van der Waals surface area (Å²) in [6.07, 6.45) is 2.33. The Labute approximate surface area is 211 Å². The number of rotatable bonds is 10. The third-order valence-corrected chi connectivity index (χ3v) is 6.25. The van der Waals surface area contributed by atoms with Crippen LogP contribution < -0.4 is 20.3 Å². The van der Waals surface area contributed by atoms with E-state index >= 15 is 0 Å². The van der Waals surface area contributed by atoms with Gasteiger partial charge in [-0.25, -0.2) is 0 Å². The van der Waals surface area contributed by atoms with Gasteiger partial charge in [-0.05, 0) is 73.0 Å². The number of amides is 1. The van der Waals surface area contributed by atoms with Gasteiger partial charge in [0.1, 0.15) is 18.0 Å². The van der Waals surface area contributed by atoms with Crippen molar-refractivity contribution in [3.05, 3.63) is 99.8 Å². The van der Waals surface area contributed by atoms with Gasteiger partial charge in [0.2, 0.25) is 5.91 Å². The third-order valence-electron chi connectivity index (χ3n) is 6.25. The molecule has 0 saturated carbocycles. The summed E-state index contributed by atoms with van der Waals surface area (Å²) in [6, 6.07) is 23.3. The molecule has 3 aromatic carbocycles. The third kappa shape index (κ3) is 5.77. The van der Waals surface area contributed by atoms with Crippen LogP contribution in [0.5, 0.6) is 11.5 Å². The molecule has 0 fully saturated rings. The van der Waals surface area contributed by atoms with Gasteiger partial charge in [-0.3, -0.25) is 14.2 Å². The normalized spacial score (nSPS) is 10.9. The van der Waals surface area contributed by atoms with E-state index < -0.39 is 0 Å². The molecule has 0 radical (unpaired) electrons. The van der Waals surface area contributed by atoms with E-state index in [1.165, 1.54) is 15.7 Å². The fourth-order valence-corrected chi connectivity index (χ4v) is 4.28. The molecular weight excluding hydrogens is 452 g/mol. The van der Waals surface area contributed by atoms with Gasteiger partial charge >= 0.3 is 0 Å². The van der Waals surface area contributed by atoms with Gasteiger partial charge in [0.05, 0.1) is 24.9 Å². The summed E-state index contributed by atoms with van der Waals surface area (Å²) in [4.78, 5) is 26.7. The Morgan fingerprint density at radius 1 is 0.917 bits per heavy atom. The Morgan fingerprint density at radius 3 is 2.39 bits per heavy atom. The van der Waals surface area contributed by atoms with Crippen molar-refractivity contribution in [2.24, 2.45) is 0 Å². The van der Waals surface area contributed by atoms with E-state index in [-0.39, 0.29) is 18.0 Å². The largest absolute Gasteiger partial charge is 0.497 e. The topological polar surface area (TPSA) is 69.6 Å². The number of carbonyl (C=O) groups is 1. The Hall–Kier alpha value is -4.06. The highest BCUT2D eigenvalue weighted by Gasteiger charge is 2.15. The number of methoxy groups -OCH3 is 1. The maximum Gasteiger partial charge on any atom is 0.254 e. The van der Waals surface area contributed by atoms with Gasteiger partial charge in [-0.15, -0.1) is 0 Å². The first-order valence-corrected chi connectivity index (χ1v) is 12.3. The molecule has 1 aromatic heterocycles. The van der Waals surface area contributed by atoms with Crippen molar-refractivity contribution in [3.8, 4) is 11.5 Å². The second-order valence-corrected chi connectivity index (χ2v) is 8.63. The fraction of sp³-hybridized carbons (Fsp3) is 0.267. The maximum atomic E-state index is 13.6. The van der Waals surface area contributed by atoms with Crippen molar-refractivity contribution < 1.29 is 14.3 Å². The predicted molar refractivity (Wildman–Crippen MR) is 144 cm³/mol. The van der Waals surface area contributed by atoms with Crippen molar-refractivity contribution in [1.82, 2.24) is 4.57 Å². The summed E-state index contributed by atoms with van der Waals surface area (Å²) >= 11 is 0. The Kier molecular flexibility index (Phi) is 8.06. The minimum Gasteiger partial charge on any atom is -0.497 e. The van der Waals surface area contributed by atoms with E-state index in [9.17, 15) is 9.59 Å². The van der Waals surface area contributed by atoms with Gasteiger partial charge in [-0.2, -0.15) is 0 Å². The number of anilines is 1. The molecule has 1 amide bonds. The van der Waals surface area contributed by atoms with Gasteiger partial charge < -0.3 is 14.8 Å². The number of fused-ring (bicyclic) bond motifs is 1. The number of aryl methyl sites for hydroxylation is 3. The molecule has 0 aliphatic rings. The number of aromatic nitrogens is 1. The van der Waals surface area contributed by atoms with Crippen molar-refractivity contribution in [1.29, 1.82) is 0 Å². The SMILES string of the molecule is CCOc1ccccc1NC(=O)Cn1c(=O)c(CCc2ccc(CC)cc2)cc2ccc(OC)cc21. The van der Waals surface area contributed by atoms with E-state index in [1.54, 1.807) is 25.3 Å². The Bertz CT molecular complexity index is 1410. The van der Waals surface area contributed by atoms with E-state index in [2.05, 4.69) is 36.5 Å². The number of nitrogens with zero attached hydrogens (tertiary/aromatic N) is 1. The van der Waals surface area contributed by atoms with Crippen LogP contribution in [0.4, 0.5) is 5.69 Å². The van der Waals surface area contributed by atoms with Gasteiger partial charge in [-0.1, -0.05) is 43.3 Å². The van der Waals surface area contributed by atoms with Crippen LogP contribution in [0.3, 0.4) is 0 Å². The second kappa shape index (κ2) is 11.6. The number of carbonyl (C=O) groups excluding carboxylic acids is 1. The zero-order valence-electron chi connectivity index (χ0n) is 21.0. The number of ether oxygens (including phenoxy) is 2. The lowest BCUT2D eigenvalue weighted by Gasteiger charge is -2.15. The predicted octanol–water partition coefficient (Wildman–Crippen LogP) is 5.40. The lowest BCUT2D eigenvalue weighted by Crippen LogP contribution is -2.30. The number of hydrogen-bond donors (Lipinski definition) is 1. The molecule has 36 heavy (non-hydrogen) atoms. The molecule has 4 rings (SSSR count). The fourth-order valence-electron chi connectivity index (χ4n) is 4.28. The quantitative estimate of drug-likeness (QED) is 0.327. The first-order chi connectivity index (χ1) is 17.5. The standard InChI is InChI=1S/C30H32N2O4/c1-4-21-10-12-22(13-11-21)14-15-24-18-23-16-17-25(35-3)19-27(23)32(30(24)34)20-29(33)31-26-8-6-7-9-28(26)36-5-2/h6-13,16-19H,4-5,14-15,20H2,1-3H3,(H,31,33). The summed E-state index contributed by atoms with van der Waals surface area (Å²) in [6.45, 7) is 4.39. The molecule has 6 heteroatoms. The van der Waals surface area contributed by atoms with Crippen LogP contribution >= 0.6 is 0 Å². The van der Waals surface area contributed by atoms with E-state index in [1.807, 2.05) is 37.3 Å². The molecule has 0 spiro atoms. The van der Waals surface area contributed by atoms with Crippen molar-refractivity contribution in [2.75, 3.05) is 19.0 Å². The van der Waals surface area contributed by atoms with Crippen LogP contribution in [0.2, 0.25) is 0 Å². The monoisotopic (exact) mass is 484 g/mol. The van der Waals surface area contributed by atoms with Crippen LogP contribution in [-0.4, -0.2) is 24.2 Å². The maximum absolute atomic E-state index is 13.6. The lowest BCUT2D eigenvalue weighted by atomic mass is 10.0. The van der Waals surface area contributed by atoms with Gasteiger partial charge in [0, 0.05) is 11.6 Å². The number of nitrogens with one attached hydrogen (secondary N) is 1. The Morgan fingerprint density at radius 2 is 1.67 bits per heavy atom. The molecule has 0 aliphatic carbocycles. The Balaban J connectivity index is 1.65. The molecule has 186 valence electrons. The molecular formula is C30H32N2O4. The van der Waals surface area contributed by atoms with Crippen LogP contribution in [0.15, 0.2) is 77.6 Å². The highest BCUT2D eigenvalue weighted by atomic mass is 16.5. The highest BCUT2D eigenvalue weighted by molar-refractivity contribution is 5.93. The zero-order valence-corrected chi connectivity index (χ0v) is 21.0. The minimum atomic E-state index is -0.305. The molecule has 4 aromatic rings. The molecule has 0 aliphatic heterocycles. The summed E-state index contributed by atoms with van der Waals surface area (Å²) in [5, 5.41) is 3.78. The number of hydrogen-bond acceptors (Lipinski definition) is 4. The number of benzene rings is 3. The first-order valence-electron chi connectivity index (χ1n) is 12.3. The smallest absolute Gasteiger partial charge is 0.254 e. The average Bonchev–Trinajstić information content (AvgIpc) is 2.90. The number of pyridine rings is 1. The molecule has 0 saturated heterocycles. The average molecular weight is 485 g/mol. The minimum absolute atomic E-state index is 0.123. The molecule has 1 N–H and O–H groups in total. The molecule has 0 unspecified atom stereocenters. The van der Waals surface area contributed by atoms with Gasteiger partial charge in [0.25, 0.3) is 5.56 Å². The lowest BCUT2D eigenvalue weighted by molar-refractivity contribution is -0.116. The highest BCUT2D eigenvalue weighted by Crippen LogP contribution is 2.24. The molecule has 0 bridgehead atoms. The molecule has 6 nitrogen and oxygen atoms in total. The number of para-hydroxylation sites is 2. The van der Waals surface area contributed by atoms with Crippen LogP contribution in [0.25, 0.3) is 10.9 Å². The summed E-state index contributed by atoms with van der Waals surface area (Å²) in [7, 11) is 1.58. The summed E-state index contributed by atoms with van der Waals surface area (Å²) in [5.74, 6) is 0.914. The van der Waals surface area contributed by atoms with Crippen LogP contribution in [0, 0.1) is 0 Å². The van der Waals surface area contributed by atoms with Crippen LogP contribution in [-0.2, 0) is 30.6 Å². The van der Waals surface area contributed by atoms with E-state index in [0.717, 1.165) is 18.2 Å². The first kappa shape index (κ1) is 25.0. The molecule has 1 heterocycles. The second-order valence-electron chi connectivity index (χ2n) is 8.63. The zero-order chi connectivity index (χ0) is 25.5. The van der Waals surface area contributed by atoms with Crippen LogP contribution in [0.1, 0.15) is 30.5 Å². The van der Waals surface area contributed by atoms with Crippen molar-refractivity contribution >= 4 is 22.5 Å². The van der Waals surface area contributed by atoms with Crippen molar-refractivity contribution in [2.45, 2.75) is 39.7 Å². The summed E-state index contributed by atoms with van der Waals surface area (Å²) < 4.78 is 12.5. The van der Waals surface area contributed by atoms with Crippen molar-refractivity contribution in [3.63, 3.8) is 0 Å². The van der Waals surface area contributed by atoms with Gasteiger partial charge in [0.15, 0.2) is 0 Å². The van der Waals surface area contributed by atoms with E-state index in [4.69, 9.17) is 9.47 Å².